The maximum Gasteiger partial charge on any atom is 0.101 e. The van der Waals surface area contributed by atoms with Gasteiger partial charge in [-0.15, -0.1) is 11.3 Å². The molecular weight excluding hydrogens is 228 g/mol. The molecule has 1 aliphatic rings. The van der Waals surface area contributed by atoms with Crippen molar-refractivity contribution in [3.05, 3.63) is 46.5 Å². The molecule has 1 aliphatic heterocycles. The van der Waals surface area contributed by atoms with Gasteiger partial charge in [0, 0.05) is 21.3 Å². The van der Waals surface area contributed by atoms with Crippen LogP contribution in [-0.2, 0) is 0 Å². The summed E-state index contributed by atoms with van der Waals surface area (Å²) in [5.41, 5.74) is 2.62. The number of nitrogens with one attached hydrogen (secondary N) is 1. The number of nitrogens with zero attached hydrogens (tertiary/aromatic N) is 1. The normalized spacial score (nSPS) is 19.2. The molecule has 1 aromatic carbocycles. The van der Waals surface area contributed by atoms with E-state index in [9.17, 15) is 0 Å². The van der Waals surface area contributed by atoms with Gasteiger partial charge in [0.2, 0.25) is 0 Å². The first-order valence-electron chi connectivity index (χ1n) is 5.70. The number of thiophene rings is 1. The first-order valence-corrected chi connectivity index (χ1v) is 6.51. The predicted octanol–water partition coefficient (Wildman–Crippen LogP) is 3.79. The van der Waals surface area contributed by atoms with E-state index >= 15 is 0 Å². The second kappa shape index (κ2) is 4.00. The Morgan fingerprint density at radius 2 is 2.06 bits per heavy atom. The van der Waals surface area contributed by atoms with Crippen LogP contribution in [0.1, 0.15) is 23.4 Å². The molecule has 3 heteroatoms. The van der Waals surface area contributed by atoms with Crippen LogP contribution in [0.15, 0.2) is 41.0 Å². The van der Waals surface area contributed by atoms with Crippen LogP contribution in [0.5, 0.6) is 0 Å². The van der Waals surface area contributed by atoms with Crippen molar-refractivity contribution in [1.29, 1.82) is 0 Å². The van der Waals surface area contributed by atoms with Gasteiger partial charge in [-0.3, -0.25) is 4.99 Å². The lowest BCUT2D eigenvalue weighted by Crippen LogP contribution is -2.13. The van der Waals surface area contributed by atoms with Crippen molar-refractivity contribution in [3.8, 4) is 0 Å². The Kier molecular flexibility index (Phi) is 2.48. The largest absolute Gasteiger partial charge is 0.353 e. The molecule has 0 amide bonds. The van der Waals surface area contributed by atoms with Crippen molar-refractivity contribution in [2.24, 2.45) is 4.99 Å². The second-order valence-corrected chi connectivity index (χ2v) is 5.56. The highest BCUT2D eigenvalue weighted by Crippen LogP contribution is 2.39. The number of aryl methyl sites for hydroxylation is 1. The van der Waals surface area contributed by atoms with E-state index in [-0.39, 0.29) is 6.04 Å². The quantitative estimate of drug-likeness (QED) is 0.808. The molecule has 0 saturated carbocycles. The van der Waals surface area contributed by atoms with Gasteiger partial charge in [0.05, 0.1) is 6.34 Å². The maximum atomic E-state index is 4.57. The molecular formula is C14H14N2S. The minimum absolute atomic E-state index is 0.174. The highest BCUT2D eigenvalue weighted by atomic mass is 32.1. The van der Waals surface area contributed by atoms with E-state index < -0.39 is 0 Å². The topological polar surface area (TPSA) is 24.4 Å². The van der Waals surface area contributed by atoms with E-state index in [0.717, 1.165) is 0 Å². The summed E-state index contributed by atoms with van der Waals surface area (Å²) < 4.78 is 1.35. The van der Waals surface area contributed by atoms with E-state index in [1.54, 1.807) is 6.34 Å². The Bertz CT molecular complexity index is 622. The number of aliphatic imine (C=N–C) groups is 1. The molecule has 1 aromatic heterocycles. The summed E-state index contributed by atoms with van der Waals surface area (Å²) >= 11 is 1.85. The predicted molar refractivity (Wildman–Crippen MR) is 74.7 cm³/mol. The van der Waals surface area contributed by atoms with Crippen molar-refractivity contribution >= 4 is 27.8 Å². The fourth-order valence-corrected chi connectivity index (χ4v) is 3.41. The Labute approximate surface area is 105 Å². The third-order valence-corrected chi connectivity index (χ3v) is 4.24. The minimum Gasteiger partial charge on any atom is -0.353 e. The van der Waals surface area contributed by atoms with E-state index in [1.807, 2.05) is 17.5 Å². The lowest BCUT2D eigenvalue weighted by atomic mass is 9.97. The molecule has 17 heavy (non-hydrogen) atoms. The summed E-state index contributed by atoms with van der Waals surface area (Å²) in [6, 6.07) is 8.74. The van der Waals surface area contributed by atoms with E-state index in [2.05, 4.69) is 48.4 Å². The molecule has 2 nitrogen and oxygen atoms in total. The summed E-state index contributed by atoms with van der Waals surface area (Å²) in [6.45, 7) is 4.31. The van der Waals surface area contributed by atoms with Gasteiger partial charge >= 0.3 is 0 Å². The highest BCUT2D eigenvalue weighted by molar-refractivity contribution is 7.19. The smallest absolute Gasteiger partial charge is 0.101 e. The van der Waals surface area contributed by atoms with Crippen LogP contribution in [0, 0.1) is 6.92 Å². The number of benzene rings is 1. The zero-order valence-corrected chi connectivity index (χ0v) is 10.7. The SMILES string of the molecule is CC1=CNC=NC1c1c(C)sc2ccccc12. The summed E-state index contributed by atoms with van der Waals surface area (Å²) in [7, 11) is 0. The molecule has 2 aromatic rings. The Morgan fingerprint density at radius 3 is 2.88 bits per heavy atom. The number of rotatable bonds is 1. The Hall–Kier alpha value is -1.61. The van der Waals surface area contributed by atoms with Gasteiger partial charge < -0.3 is 5.32 Å². The molecule has 1 N–H and O–H groups in total. The average molecular weight is 242 g/mol. The van der Waals surface area contributed by atoms with E-state index in [4.69, 9.17) is 0 Å². The monoisotopic (exact) mass is 242 g/mol. The van der Waals surface area contributed by atoms with Crippen LogP contribution in [0.2, 0.25) is 0 Å². The Morgan fingerprint density at radius 1 is 1.24 bits per heavy atom. The lowest BCUT2D eigenvalue weighted by molar-refractivity contribution is 0.824. The van der Waals surface area contributed by atoms with Crippen LogP contribution in [0.3, 0.4) is 0 Å². The third kappa shape index (κ3) is 1.67. The lowest BCUT2D eigenvalue weighted by Gasteiger charge is -2.17. The zero-order valence-electron chi connectivity index (χ0n) is 9.90. The van der Waals surface area contributed by atoms with Crippen LogP contribution < -0.4 is 5.32 Å². The van der Waals surface area contributed by atoms with Gasteiger partial charge in [-0.2, -0.15) is 0 Å². The van der Waals surface area contributed by atoms with Gasteiger partial charge in [-0.25, -0.2) is 0 Å². The number of hydrogen-bond donors (Lipinski definition) is 1. The second-order valence-electron chi connectivity index (χ2n) is 4.30. The summed E-state index contributed by atoms with van der Waals surface area (Å²) in [6.07, 6.45) is 3.81. The summed E-state index contributed by atoms with van der Waals surface area (Å²) in [5.74, 6) is 0. The minimum atomic E-state index is 0.174. The Balaban J connectivity index is 2.23. The third-order valence-electron chi connectivity index (χ3n) is 3.13. The maximum absolute atomic E-state index is 4.57. The molecule has 3 rings (SSSR count). The van der Waals surface area contributed by atoms with Crippen LogP contribution in [-0.4, -0.2) is 6.34 Å². The van der Waals surface area contributed by atoms with Gasteiger partial charge in [-0.1, -0.05) is 18.2 Å². The van der Waals surface area contributed by atoms with Crippen molar-refractivity contribution in [3.63, 3.8) is 0 Å². The standard InChI is InChI=1S/C14H14N2S/c1-9-7-15-8-16-14(9)13-10(2)17-12-6-4-3-5-11(12)13/h3-8,14H,1-2H3,(H,15,16). The summed E-state index contributed by atoms with van der Waals surface area (Å²) in [5, 5.41) is 4.38. The van der Waals surface area contributed by atoms with Crippen LogP contribution in [0.25, 0.3) is 10.1 Å². The molecule has 1 atom stereocenters. The molecule has 0 saturated heterocycles. The fourth-order valence-electron chi connectivity index (χ4n) is 2.31. The molecule has 86 valence electrons. The first kappa shape index (κ1) is 10.5. The van der Waals surface area contributed by atoms with E-state index in [0.29, 0.717) is 0 Å². The summed E-state index contributed by atoms with van der Waals surface area (Å²) in [4.78, 5) is 5.93. The van der Waals surface area contributed by atoms with Gasteiger partial charge in [-0.05, 0) is 30.9 Å². The van der Waals surface area contributed by atoms with Crippen LogP contribution >= 0.6 is 11.3 Å². The highest BCUT2D eigenvalue weighted by Gasteiger charge is 2.20. The van der Waals surface area contributed by atoms with Gasteiger partial charge in [0.1, 0.15) is 6.04 Å². The van der Waals surface area contributed by atoms with Crippen LogP contribution in [0.4, 0.5) is 0 Å². The molecule has 0 bridgehead atoms. The van der Waals surface area contributed by atoms with E-state index in [1.165, 1.54) is 26.1 Å². The molecule has 0 aliphatic carbocycles. The molecule has 0 spiro atoms. The van der Waals surface area contributed by atoms with Crippen molar-refractivity contribution in [2.45, 2.75) is 19.9 Å². The first-order chi connectivity index (χ1) is 8.27. The molecule has 2 heterocycles. The van der Waals surface area contributed by atoms with Crippen molar-refractivity contribution in [1.82, 2.24) is 5.32 Å². The zero-order chi connectivity index (χ0) is 11.8. The van der Waals surface area contributed by atoms with Crippen molar-refractivity contribution in [2.75, 3.05) is 0 Å². The van der Waals surface area contributed by atoms with Gasteiger partial charge in [0.15, 0.2) is 0 Å². The molecule has 0 fully saturated rings. The molecule has 1 unspecified atom stereocenters. The van der Waals surface area contributed by atoms with Crippen molar-refractivity contribution < 1.29 is 0 Å². The average Bonchev–Trinajstić information content (AvgIpc) is 2.66. The molecule has 0 radical (unpaired) electrons. The fraction of sp³-hybridized carbons (Fsp3) is 0.214. The number of fused-ring (bicyclic) bond motifs is 1. The van der Waals surface area contributed by atoms with Gasteiger partial charge in [0.25, 0.3) is 0 Å². The number of hydrogen-bond acceptors (Lipinski definition) is 3.